The quantitative estimate of drug-likeness (QED) is 0.658. The van der Waals surface area contributed by atoms with Gasteiger partial charge >= 0.3 is 0 Å². The van der Waals surface area contributed by atoms with Gasteiger partial charge < -0.3 is 15.2 Å². The number of hydrogen-bond acceptors (Lipinski definition) is 5. The van der Waals surface area contributed by atoms with Crippen LogP contribution >= 0.6 is 23.2 Å². The Kier molecular flexibility index (Phi) is 4.70. The number of aliphatic hydroxyl groups is 1. The Hall–Kier alpha value is -1.08. The van der Waals surface area contributed by atoms with Crippen molar-refractivity contribution in [2.45, 2.75) is 18.4 Å². The molecule has 0 unspecified atom stereocenters. The smallest absolute Gasteiger partial charge is 0.293 e. The van der Waals surface area contributed by atoms with Crippen LogP contribution in [0.5, 0.6) is 0 Å². The number of nitro benzene ring substituents is 1. The van der Waals surface area contributed by atoms with Crippen LogP contribution in [0.4, 0.5) is 11.4 Å². The van der Waals surface area contributed by atoms with Gasteiger partial charge in [-0.25, -0.2) is 0 Å². The van der Waals surface area contributed by atoms with Crippen molar-refractivity contribution in [3.8, 4) is 0 Å². The third-order valence-electron chi connectivity index (χ3n) is 3.39. The molecule has 0 amide bonds. The van der Waals surface area contributed by atoms with Crippen molar-refractivity contribution in [1.82, 2.24) is 0 Å². The van der Waals surface area contributed by atoms with E-state index in [1.54, 1.807) is 0 Å². The van der Waals surface area contributed by atoms with Crippen molar-refractivity contribution in [2.75, 3.05) is 25.1 Å². The molecule has 0 aromatic heterocycles. The maximum Gasteiger partial charge on any atom is 0.293 e. The summed E-state index contributed by atoms with van der Waals surface area (Å²) in [6.45, 7) is 0.832. The molecule has 6 nitrogen and oxygen atoms in total. The zero-order chi connectivity index (χ0) is 14.8. The Morgan fingerprint density at radius 1 is 1.35 bits per heavy atom. The van der Waals surface area contributed by atoms with Crippen LogP contribution in [0.2, 0.25) is 10.0 Å². The zero-order valence-electron chi connectivity index (χ0n) is 10.6. The minimum Gasteiger partial charge on any atom is -0.394 e. The molecular formula is C12H14Cl2N2O4. The summed E-state index contributed by atoms with van der Waals surface area (Å²) in [5, 5.41) is 24.1. The van der Waals surface area contributed by atoms with E-state index in [-0.39, 0.29) is 28.0 Å². The molecule has 2 rings (SSSR count). The molecule has 0 bridgehead atoms. The Morgan fingerprint density at radius 3 is 2.50 bits per heavy atom. The first kappa shape index (κ1) is 15.3. The number of benzene rings is 1. The second-order valence-corrected chi connectivity index (χ2v) is 5.53. The summed E-state index contributed by atoms with van der Waals surface area (Å²) in [4.78, 5) is 10.6. The van der Waals surface area contributed by atoms with E-state index in [0.717, 1.165) is 0 Å². The van der Waals surface area contributed by atoms with Gasteiger partial charge in [0, 0.05) is 19.3 Å². The second-order valence-electron chi connectivity index (χ2n) is 4.72. The van der Waals surface area contributed by atoms with Crippen LogP contribution in [0, 0.1) is 10.1 Å². The molecule has 1 heterocycles. The van der Waals surface area contributed by atoms with Crippen molar-refractivity contribution in [1.29, 1.82) is 0 Å². The Labute approximate surface area is 125 Å². The van der Waals surface area contributed by atoms with Crippen molar-refractivity contribution < 1.29 is 14.8 Å². The SMILES string of the molecule is O=[N+]([O-])c1cc(Cl)c(Cl)cc1NC1(CO)CCOCC1. The summed E-state index contributed by atoms with van der Waals surface area (Å²) < 4.78 is 5.25. The van der Waals surface area contributed by atoms with E-state index in [0.29, 0.717) is 26.1 Å². The normalized spacial score (nSPS) is 17.8. The van der Waals surface area contributed by atoms with Crippen LogP contribution in [0.1, 0.15) is 12.8 Å². The van der Waals surface area contributed by atoms with E-state index in [4.69, 9.17) is 27.9 Å². The Morgan fingerprint density at radius 2 is 1.95 bits per heavy atom. The highest BCUT2D eigenvalue weighted by Gasteiger charge is 2.34. The standard InChI is InChI=1S/C12H14Cl2N2O4/c13-8-5-10(11(16(18)19)6-9(8)14)15-12(7-17)1-3-20-4-2-12/h5-6,15,17H,1-4,7H2. The molecule has 0 aliphatic carbocycles. The summed E-state index contributed by atoms with van der Waals surface area (Å²) in [5.41, 5.74) is -0.556. The number of nitrogens with zero attached hydrogens (tertiary/aromatic N) is 1. The lowest BCUT2D eigenvalue weighted by molar-refractivity contribution is -0.384. The first-order valence-electron chi connectivity index (χ1n) is 6.08. The fourth-order valence-electron chi connectivity index (χ4n) is 2.16. The number of ether oxygens (including phenoxy) is 1. The van der Waals surface area contributed by atoms with Gasteiger partial charge in [-0.2, -0.15) is 0 Å². The molecule has 0 radical (unpaired) electrons. The van der Waals surface area contributed by atoms with Gasteiger partial charge in [-0.05, 0) is 18.9 Å². The van der Waals surface area contributed by atoms with Crippen LogP contribution < -0.4 is 5.32 Å². The lowest BCUT2D eigenvalue weighted by Gasteiger charge is -2.37. The predicted octanol–water partition coefficient (Wildman–Crippen LogP) is 2.86. The number of anilines is 1. The second kappa shape index (κ2) is 6.13. The number of nitro groups is 1. The maximum absolute atomic E-state index is 11.1. The average Bonchev–Trinajstić information content (AvgIpc) is 2.43. The van der Waals surface area contributed by atoms with Crippen LogP contribution in [-0.4, -0.2) is 35.4 Å². The van der Waals surface area contributed by atoms with E-state index in [1.165, 1.54) is 12.1 Å². The molecule has 1 saturated heterocycles. The van der Waals surface area contributed by atoms with Gasteiger partial charge in [0.25, 0.3) is 5.69 Å². The highest BCUT2D eigenvalue weighted by atomic mass is 35.5. The average molecular weight is 321 g/mol. The van der Waals surface area contributed by atoms with Gasteiger partial charge in [-0.1, -0.05) is 23.2 Å². The van der Waals surface area contributed by atoms with Gasteiger partial charge in [-0.15, -0.1) is 0 Å². The van der Waals surface area contributed by atoms with Crippen molar-refractivity contribution in [3.05, 3.63) is 32.3 Å². The molecule has 110 valence electrons. The first-order valence-corrected chi connectivity index (χ1v) is 6.83. The summed E-state index contributed by atoms with van der Waals surface area (Å²) >= 11 is 11.7. The number of hydrogen-bond donors (Lipinski definition) is 2. The number of halogens is 2. The van der Waals surface area contributed by atoms with Crippen molar-refractivity contribution in [2.24, 2.45) is 0 Å². The third-order valence-corrected chi connectivity index (χ3v) is 4.11. The lowest BCUT2D eigenvalue weighted by atomic mass is 9.90. The van der Waals surface area contributed by atoms with E-state index >= 15 is 0 Å². The highest BCUT2D eigenvalue weighted by Crippen LogP contribution is 2.37. The van der Waals surface area contributed by atoms with Gasteiger partial charge in [0.1, 0.15) is 5.69 Å². The molecule has 1 aromatic rings. The highest BCUT2D eigenvalue weighted by molar-refractivity contribution is 6.42. The fourth-order valence-corrected chi connectivity index (χ4v) is 2.48. The fraction of sp³-hybridized carbons (Fsp3) is 0.500. The predicted molar refractivity (Wildman–Crippen MR) is 76.6 cm³/mol. The number of aliphatic hydroxyl groups excluding tert-OH is 1. The molecule has 0 saturated carbocycles. The van der Waals surface area contributed by atoms with Gasteiger partial charge in [0.15, 0.2) is 0 Å². The van der Waals surface area contributed by atoms with E-state index in [9.17, 15) is 15.2 Å². The minimum atomic E-state index is -0.639. The van der Waals surface area contributed by atoms with Gasteiger partial charge in [0.2, 0.25) is 0 Å². The maximum atomic E-state index is 11.1. The molecule has 1 aliphatic rings. The molecular weight excluding hydrogens is 307 g/mol. The van der Waals surface area contributed by atoms with E-state index < -0.39 is 10.5 Å². The van der Waals surface area contributed by atoms with Gasteiger partial charge in [0.05, 0.1) is 27.1 Å². The Bertz CT molecular complexity index is 518. The van der Waals surface area contributed by atoms with Crippen LogP contribution in [0.15, 0.2) is 12.1 Å². The van der Waals surface area contributed by atoms with Crippen molar-refractivity contribution >= 4 is 34.6 Å². The van der Waals surface area contributed by atoms with Crippen LogP contribution in [0.3, 0.4) is 0 Å². The van der Waals surface area contributed by atoms with Crippen LogP contribution in [-0.2, 0) is 4.74 Å². The molecule has 2 N–H and O–H groups in total. The summed E-state index contributed by atoms with van der Waals surface area (Å²) in [6, 6.07) is 2.62. The van der Waals surface area contributed by atoms with Gasteiger partial charge in [-0.3, -0.25) is 10.1 Å². The van der Waals surface area contributed by atoms with Crippen LogP contribution in [0.25, 0.3) is 0 Å². The molecule has 0 spiro atoms. The van der Waals surface area contributed by atoms with E-state index in [2.05, 4.69) is 5.32 Å². The minimum absolute atomic E-state index is 0.119. The third kappa shape index (κ3) is 3.15. The summed E-state index contributed by atoms with van der Waals surface area (Å²) in [5.74, 6) is 0. The molecule has 0 atom stereocenters. The molecule has 1 aromatic carbocycles. The summed E-state index contributed by atoms with van der Waals surface area (Å²) in [7, 11) is 0. The van der Waals surface area contributed by atoms with Crippen molar-refractivity contribution in [3.63, 3.8) is 0 Å². The lowest BCUT2D eigenvalue weighted by Crippen LogP contribution is -2.47. The number of nitrogens with one attached hydrogen (secondary N) is 1. The molecule has 20 heavy (non-hydrogen) atoms. The number of rotatable bonds is 4. The molecule has 1 aliphatic heterocycles. The molecule has 8 heteroatoms. The molecule has 1 fully saturated rings. The largest absolute Gasteiger partial charge is 0.394 e. The summed E-state index contributed by atoms with van der Waals surface area (Å²) in [6.07, 6.45) is 1.11. The monoisotopic (exact) mass is 320 g/mol. The Balaban J connectivity index is 2.36. The van der Waals surface area contributed by atoms with E-state index in [1.807, 2.05) is 0 Å². The zero-order valence-corrected chi connectivity index (χ0v) is 12.1. The topological polar surface area (TPSA) is 84.6 Å². The first-order chi connectivity index (χ1) is 9.47.